The van der Waals surface area contributed by atoms with Crippen molar-refractivity contribution in [3.63, 3.8) is 0 Å². The Balaban J connectivity index is 1.98. The van der Waals surface area contributed by atoms with Crippen LogP contribution in [-0.2, 0) is 0 Å². The third-order valence-electron chi connectivity index (χ3n) is 2.41. The zero-order chi connectivity index (χ0) is 9.26. The Morgan fingerprint density at radius 2 is 2.38 bits per heavy atom. The van der Waals surface area contributed by atoms with Gasteiger partial charge in [0, 0.05) is 12.1 Å². The van der Waals surface area contributed by atoms with Gasteiger partial charge in [-0.3, -0.25) is 4.79 Å². The second kappa shape index (κ2) is 3.20. The number of hydrogen-bond acceptors (Lipinski definition) is 3. The van der Waals surface area contributed by atoms with Gasteiger partial charge in [0.25, 0.3) is 5.56 Å². The van der Waals surface area contributed by atoms with Gasteiger partial charge in [-0.2, -0.15) is 5.10 Å². The van der Waals surface area contributed by atoms with Crippen molar-refractivity contribution in [2.45, 2.75) is 25.8 Å². The van der Waals surface area contributed by atoms with Crippen LogP contribution < -0.4 is 10.9 Å². The van der Waals surface area contributed by atoms with E-state index in [1.165, 1.54) is 18.9 Å². The summed E-state index contributed by atoms with van der Waals surface area (Å²) in [6, 6.07) is 2.06. The topological polar surface area (TPSA) is 57.8 Å². The van der Waals surface area contributed by atoms with Crippen molar-refractivity contribution in [1.29, 1.82) is 0 Å². The Hall–Kier alpha value is -1.32. The summed E-state index contributed by atoms with van der Waals surface area (Å²) in [5.41, 5.74) is 0.665. The fourth-order valence-electron chi connectivity index (χ4n) is 1.71. The first-order valence-electron chi connectivity index (χ1n) is 4.55. The van der Waals surface area contributed by atoms with E-state index in [1.54, 1.807) is 6.20 Å². The first-order chi connectivity index (χ1) is 6.24. The van der Waals surface area contributed by atoms with Crippen LogP contribution in [0.1, 0.15) is 19.8 Å². The zero-order valence-corrected chi connectivity index (χ0v) is 7.58. The monoisotopic (exact) mass is 179 g/mol. The summed E-state index contributed by atoms with van der Waals surface area (Å²) in [4.78, 5) is 10.9. The van der Waals surface area contributed by atoms with Gasteiger partial charge in [0.1, 0.15) is 0 Å². The third kappa shape index (κ3) is 1.88. The number of hydrogen-bond donors (Lipinski definition) is 2. The Bertz CT molecular complexity index is 341. The number of aromatic nitrogens is 2. The largest absolute Gasteiger partial charge is 0.381 e. The first-order valence-corrected chi connectivity index (χ1v) is 4.55. The van der Waals surface area contributed by atoms with E-state index >= 15 is 0 Å². The van der Waals surface area contributed by atoms with Crippen LogP contribution in [0.3, 0.4) is 0 Å². The Labute approximate surface area is 76.4 Å². The minimum atomic E-state index is -0.155. The highest BCUT2D eigenvalue weighted by Gasteiger charge is 2.24. The van der Waals surface area contributed by atoms with E-state index in [1.807, 2.05) is 0 Å². The van der Waals surface area contributed by atoms with Crippen LogP contribution in [0, 0.1) is 5.92 Å². The molecule has 2 N–H and O–H groups in total. The van der Waals surface area contributed by atoms with E-state index in [2.05, 4.69) is 22.4 Å². The lowest BCUT2D eigenvalue weighted by Crippen LogP contribution is -2.34. The van der Waals surface area contributed by atoms with Gasteiger partial charge in [0.2, 0.25) is 0 Å². The lowest BCUT2D eigenvalue weighted by molar-refractivity contribution is 0.309. The number of anilines is 1. The van der Waals surface area contributed by atoms with Gasteiger partial charge in [-0.05, 0) is 18.8 Å². The maximum absolute atomic E-state index is 10.9. The molecule has 1 saturated carbocycles. The van der Waals surface area contributed by atoms with Crippen LogP contribution in [0.4, 0.5) is 5.69 Å². The number of nitrogens with zero attached hydrogens (tertiary/aromatic N) is 1. The quantitative estimate of drug-likeness (QED) is 0.711. The number of H-pyrrole nitrogens is 1. The smallest absolute Gasteiger partial charge is 0.266 e. The van der Waals surface area contributed by atoms with Gasteiger partial charge in [-0.15, -0.1) is 0 Å². The van der Waals surface area contributed by atoms with Crippen molar-refractivity contribution in [1.82, 2.24) is 10.2 Å². The van der Waals surface area contributed by atoms with Crippen molar-refractivity contribution >= 4 is 5.69 Å². The average molecular weight is 179 g/mol. The van der Waals surface area contributed by atoms with Crippen LogP contribution in [0.25, 0.3) is 0 Å². The van der Waals surface area contributed by atoms with Crippen molar-refractivity contribution in [2.75, 3.05) is 5.32 Å². The zero-order valence-electron chi connectivity index (χ0n) is 7.58. The van der Waals surface area contributed by atoms with E-state index in [4.69, 9.17) is 0 Å². The molecule has 0 aliphatic heterocycles. The summed E-state index contributed by atoms with van der Waals surface area (Å²) < 4.78 is 0. The summed E-state index contributed by atoms with van der Waals surface area (Å²) in [5.74, 6) is 0.812. The van der Waals surface area contributed by atoms with Gasteiger partial charge < -0.3 is 5.32 Å². The number of nitrogens with one attached hydrogen (secondary N) is 2. The molecular formula is C9H13N3O. The molecule has 0 atom stereocenters. The molecule has 0 bridgehead atoms. The molecule has 4 heteroatoms. The summed E-state index contributed by atoms with van der Waals surface area (Å²) >= 11 is 0. The minimum absolute atomic E-state index is 0.155. The van der Waals surface area contributed by atoms with E-state index in [0.29, 0.717) is 6.04 Å². The van der Waals surface area contributed by atoms with E-state index in [0.717, 1.165) is 11.6 Å². The molecule has 1 fully saturated rings. The van der Waals surface area contributed by atoms with Crippen molar-refractivity contribution < 1.29 is 0 Å². The summed E-state index contributed by atoms with van der Waals surface area (Å²) in [7, 11) is 0. The molecule has 13 heavy (non-hydrogen) atoms. The van der Waals surface area contributed by atoms with E-state index in [9.17, 15) is 4.79 Å². The maximum atomic E-state index is 10.9. The molecule has 1 aliphatic rings. The van der Waals surface area contributed by atoms with E-state index in [-0.39, 0.29) is 5.56 Å². The van der Waals surface area contributed by atoms with Crippen LogP contribution >= 0.6 is 0 Å². The molecule has 2 rings (SSSR count). The van der Waals surface area contributed by atoms with Crippen molar-refractivity contribution in [3.05, 3.63) is 22.6 Å². The Morgan fingerprint density at radius 3 is 3.00 bits per heavy atom. The fraction of sp³-hybridized carbons (Fsp3) is 0.556. The summed E-state index contributed by atoms with van der Waals surface area (Å²) in [6.07, 6.45) is 4.02. The average Bonchev–Trinajstić information content (AvgIpc) is 2.01. The van der Waals surface area contributed by atoms with Crippen LogP contribution in [0.2, 0.25) is 0 Å². The fourth-order valence-corrected chi connectivity index (χ4v) is 1.71. The SMILES string of the molecule is CC1CC(Nc2cn[nH]c(=O)c2)C1. The van der Waals surface area contributed by atoms with Crippen molar-refractivity contribution in [3.8, 4) is 0 Å². The number of aromatic amines is 1. The normalized spacial score (nSPS) is 26.5. The van der Waals surface area contributed by atoms with Gasteiger partial charge in [-0.1, -0.05) is 6.92 Å². The Morgan fingerprint density at radius 1 is 1.62 bits per heavy atom. The molecule has 0 radical (unpaired) electrons. The molecular weight excluding hydrogens is 166 g/mol. The second-order valence-corrected chi connectivity index (χ2v) is 3.75. The van der Waals surface area contributed by atoms with Gasteiger partial charge in [0.15, 0.2) is 0 Å². The maximum Gasteiger partial charge on any atom is 0.266 e. The lowest BCUT2D eigenvalue weighted by Gasteiger charge is -2.33. The molecule has 70 valence electrons. The van der Waals surface area contributed by atoms with Crippen LogP contribution in [0.15, 0.2) is 17.1 Å². The van der Waals surface area contributed by atoms with Gasteiger partial charge in [-0.25, -0.2) is 5.10 Å². The summed E-state index contributed by atoms with van der Waals surface area (Å²) in [5, 5.41) is 9.33. The molecule has 1 aromatic rings. The van der Waals surface area contributed by atoms with Gasteiger partial charge in [0.05, 0.1) is 11.9 Å². The van der Waals surface area contributed by atoms with Crippen LogP contribution in [0.5, 0.6) is 0 Å². The first kappa shape index (κ1) is 8.29. The molecule has 1 aliphatic carbocycles. The predicted octanol–water partition coefficient (Wildman–Crippen LogP) is 0.980. The highest BCUT2D eigenvalue weighted by atomic mass is 16.1. The highest BCUT2D eigenvalue weighted by molar-refractivity contribution is 5.40. The molecule has 1 aromatic heterocycles. The molecule has 0 amide bonds. The lowest BCUT2D eigenvalue weighted by atomic mass is 9.82. The second-order valence-electron chi connectivity index (χ2n) is 3.75. The number of rotatable bonds is 2. The summed E-state index contributed by atoms with van der Waals surface area (Å²) in [6.45, 7) is 2.23. The molecule has 1 heterocycles. The molecule has 4 nitrogen and oxygen atoms in total. The molecule has 0 unspecified atom stereocenters. The van der Waals surface area contributed by atoms with Crippen molar-refractivity contribution in [2.24, 2.45) is 5.92 Å². The standard InChI is InChI=1S/C9H13N3O/c1-6-2-7(3-6)11-8-4-9(13)12-10-5-8/h4-7H,2-3H2,1H3,(H2,11,12,13). The Kier molecular flexibility index (Phi) is 2.04. The van der Waals surface area contributed by atoms with E-state index < -0.39 is 0 Å². The predicted molar refractivity (Wildman–Crippen MR) is 50.7 cm³/mol. The van der Waals surface area contributed by atoms with Crippen LogP contribution in [-0.4, -0.2) is 16.2 Å². The molecule has 0 spiro atoms. The molecule has 0 saturated heterocycles. The minimum Gasteiger partial charge on any atom is -0.381 e. The molecule has 0 aromatic carbocycles. The highest BCUT2D eigenvalue weighted by Crippen LogP contribution is 2.28. The third-order valence-corrected chi connectivity index (χ3v) is 2.41. The van der Waals surface area contributed by atoms with Gasteiger partial charge >= 0.3 is 0 Å².